The number of hydrazone groups is 1. The number of allylic oxidation sites excluding steroid dienone is 1. The number of para-hydroxylation sites is 2. The van der Waals surface area contributed by atoms with Crippen LogP contribution in [-0.4, -0.2) is 27.5 Å². The molecule has 1 atom stereocenters. The zero-order valence-electron chi connectivity index (χ0n) is 14.8. The van der Waals surface area contributed by atoms with Gasteiger partial charge in [0.05, 0.1) is 21.7 Å². The maximum Gasteiger partial charge on any atom is 0.253 e. The third-order valence-corrected chi connectivity index (χ3v) is 6.04. The van der Waals surface area contributed by atoms with Crippen molar-refractivity contribution < 1.29 is 9.90 Å². The van der Waals surface area contributed by atoms with Crippen molar-refractivity contribution in [3.8, 4) is 5.75 Å². The van der Waals surface area contributed by atoms with Crippen molar-refractivity contribution in [1.82, 2.24) is 10.4 Å². The number of hydrogen-bond donors (Lipinski definition) is 2. The van der Waals surface area contributed by atoms with Gasteiger partial charge in [-0.1, -0.05) is 42.1 Å². The third kappa shape index (κ3) is 4.75. The van der Waals surface area contributed by atoms with E-state index in [9.17, 15) is 9.90 Å². The van der Waals surface area contributed by atoms with Crippen LogP contribution in [-0.2, 0) is 11.2 Å². The van der Waals surface area contributed by atoms with Crippen molar-refractivity contribution in [3.05, 3.63) is 66.2 Å². The summed E-state index contributed by atoms with van der Waals surface area (Å²) < 4.78 is 1.94. The van der Waals surface area contributed by atoms with E-state index in [4.69, 9.17) is 0 Å². The second kappa shape index (κ2) is 8.83. The first-order chi connectivity index (χ1) is 13.1. The van der Waals surface area contributed by atoms with E-state index in [0.29, 0.717) is 12.0 Å². The number of carbonyl (C=O) groups is 1. The van der Waals surface area contributed by atoms with Crippen LogP contribution >= 0.6 is 23.1 Å². The summed E-state index contributed by atoms with van der Waals surface area (Å²) in [7, 11) is 0. The van der Waals surface area contributed by atoms with E-state index in [2.05, 4.69) is 22.1 Å². The van der Waals surface area contributed by atoms with Crippen LogP contribution in [0.15, 0.2) is 64.6 Å². The van der Waals surface area contributed by atoms with Gasteiger partial charge in [0, 0.05) is 5.56 Å². The molecule has 0 unspecified atom stereocenters. The van der Waals surface area contributed by atoms with Crippen LogP contribution < -0.4 is 5.43 Å². The van der Waals surface area contributed by atoms with Gasteiger partial charge in [-0.15, -0.1) is 17.9 Å². The van der Waals surface area contributed by atoms with Gasteiger partial charge < -0.3 is 5.11 Å². The highest BCUT2D eigenvalue weighted by Crippen LogP contribution is 2.31. The lowest BCUT2D eigenvalue weighted by Crippen LogP contribution is -2.26. The topological polar surface area (TPSA) is 74.6 Å². The fraction of sp³-hybridized carbons (Fsp3) is 0.150. The molecule has 0 bridgehead atoms. The molecule has 27 heavy (non-hydrogen) atoms. The van der Waals surface area contributed by atoms with E-state index < -0.39 is 0 Å². The lowest BCUT2D eigenvalue weighted by atomic mass is 10.1. The second-order valence-electron chi connectivity index (χ2n) is 5.79. The molecule has 0 saturated heterocycles. The molecule has 0 aliphatic carbocycles. The molecule has 0 saturated carbocycles. The quantitative estimate of drug-likeness (QED) is 0.269. The Kier molecular flexibility index (Phi) is 6.26. The second-order valence-corrected chi connectivity index (χ2v) is 8.41. The lowest BCUT2D eigenvalue weighted by molar-refractivity contribution is -0.120. The molecule has 1 heterocycles. The lowest BCUT2D eigenvalue weighted by Gasteiger charge is -2.07. The minimum atomic E-state index is -0.344. The molecule has 1 amide bonds. The van der Waals surface area contributed by atoms with Crippen molar-refractivity contribution in [1.29, 1.82) is 0 Å². The van der Waals surface area contributed by atoms with Crippen LogP contribution in [0, 0.1) is 0 Å². The van der Waals surface area contributed by atoms with Crippen LogP contribution in [0.4, 0.5) is 0 Å². The first kappa shape index (κ1) is 19.1. The van der Waals surface area contributed by atoms with Crippen molar-refractivity contribution in [2.24, 2.45) is 5.10 Å². The summed E-state index contributed by atoms with van der Waals surface area (Å²) in [5.41, 5.74) is 4.76. The summed E-state index contributed by atoms with van der Waals surface area (Å²) in [6, 6.07) is 13.3. The number of aromatic nitrogens is 1. The number of benzene rings is 2. The van der Waals surface area contributed by atoms with Gasteiger partial charge in [0.15, 0.2) is 4.34 Å². The van der Waals surface area contributed by atoms with E-state index >= 15 is 0 Å². The Morgan fingerprint density at radius 1 is 1.37 bits per heavy atom. The minimum absolute atomic E-state index is 0.146. The molecule has 2 aromatic carbocycles. The van der Waals surface area contributed by atoms with Gasteiger partial charge >= 0.3 is 0 Å². The maximum atomic E-state index is 12.3. The van der Waals surface area contributed by atoms with Gasteiger partial charge in [-0.3, -0.25) is 4.79 Å². The summed E-state index contributed by atoms with van der Waals surface area (Å²) >= 11 is 2.96. The van der Waals surface area contributed by atoms with Gasteiger partial charge in [0.2, 0.25) is 0 Å². The van der Waals surface area contributed by atoms with E-state index in [-0.39, 0.29) is 16.9 Å². The summed E-state index contributed by atoms with van der Waals surface area (Å²) in [5.74, 6) is -0.0791. The highest BCUT2D eigenvalue weighted by atomic mass is 32.2. The van der Waals surface area contributed by atoms with Crippen molar-refractivity contribution >= 4 is 45.4 Å². The highest BCUT2D eigenvalue weighted by Gasteiger charge is 2.16. The summed E-state index contributed by atoms with van der Waals surface area (Å²) in [6.07, 6.45) is 3.73. The van der Waals surface area contributed by atoms with Crippen molar-refractivity contribution in [2.45, 2.75) is 22.9 Å². The average molecular weight is 398 g/mol. The van der Waals surface area contributed by atoms with Crippen LogP contribution in [0.1, 0.15) is 18.1 Å². The molecule has 2 N–H and O–H groups in total. The number of phenols is 1. The number of rotatable bonds is 7. The van der Waals surface area contributed by atoms with Crippen molar-refractivity contribution in [3.63, 3.8) is 0 Å². The van der Waals surface area contributed by atoms with Crippen LogP contribution in [0.25, 0.3) is 10.2 Å². The zero-order chi connectivity index (χ0) is 19.2. The Morgan fingerprint density at radius 3 is 2.96 bits per heavy atom. The summed E-state index contributed by atoms with van der Waals surface area (Å²) in [5, 5.41) is 13.8. The van der Waals surface area contributed by atoms with Gasteiger partial charge in [0.1, 0.15) is 5.75 Å². The molecule has 3 rings (SSSR count). The fourth-order valence-corrected chi connectivity index (χ4v) is 4.60. The summed E-state index contributed by atoms with van der Waals surface area (Å²) in [6.45, 7) is 5.48. The van der Waals surface area contributed by atoms with Gasteiger partial charge in [0.25, 0.3) is 5.91 Å². The number of fused-ring (bicyclic) bond motifs is 1. The van der Waals surface area contributed by atoms with Gasteiger partial charge in [-0.25, -0.2) is 10.4 Å². The van der Waals surface area contributed by atoms with E-state index in [1.807, 2.05) is 43.3 Å². The van der Waals surface area contributed by atoms with E-state index in [0.717, 1.165) is 20.1 Å². The Labute approximate surface area is 165 Å². The molecule has 7 heteroatoms. The molecular weight excluding hydrogens is 378 g/mol. The molecule has 1 aromatic heterocycles. The number of nitrogens with zero attached hydrogens (tertiary/aromatic N) is 2. The predicted molar refractivity (Wildman–Crippen MR) is 113 cm³/mol. The number of carbonyl (C=O) groups excluding carboxylic acids is 1. The fourth-order valence-electron chi connectivity index (χ4n) is 2.40. The molecule has 0 fully saturated rings. The number of nitrogens with one attached hydrogen (secondary N) is 1. The van der Waals surface area contributed by atoms with E-state index in [1.165, 1.54) is 18.0 Å². The number of thioether (sulfide) groups is 1. The first-order valence-corrected chi connectivity index (χ1v) is 10.0. The number of amides is 1. The number of phenolic OH excluding ortho intramolecular Hbond substituents is 1. The maximum absolute atomic E-state index is 12.3. The number of aromatic hydroxyl groups is 1. The molecule has 0 radical (unpaired) electrons. The Hall–Kier alpha value is -2.64. The zero-order valence-corrected chi connectivity index (χ0v) is 16.4. The summed E-state index contributed by atoms with van der Waals surface area (Å²) in [4.78, 5) is 16.8. The molecule has 0 aliphatic rings. The molecular formula is C20H19N3O2S2. The van der Waals surface area contributed by atoms with Crippen LogP contribution in [0.5, 0.6) is 5.75 Å². The Bertz CT molecular complexity index is 965. The standard InChI is InChI=1S/C20H19N3O2S2/c1-3-7-14-8-6-9-15(18(14)24)12-21-23-19(25)13(2)26-20-22-16-10-4-5-11-17(16)27-20/h3-6,8-13,24H,1,7H2,2H3,(H,23,25)/b21-12-/t13-/m1/s1. The number of hydrogen-bond acceptors (Lipinski definition) is 6. The first-order valence-electron chi connectivity index (χ1n) is 8.35. The van der Waals surface area contributed by atoms with Crippen LogP contribution in [0.2, 0.25) is 0 Å². The monoisotopic (exact) mass is 397 g/mol. The smallest absolute Gasteiger partial charge is 0.253 e. The Balaban J connectivity index is 1.60. The SMILES string of the molecule is C=CCc1cccc(/C=N\NC(=O)[C@@H](C)Sc2nc3ccccc3s2)c1O. The molecule has 138 valence electrons. The normalized spacial score (nSPS) is 12.3. The molecule has 5 nitrogen and oxygen atoms in total. The van der Waals surface area contributed by atoms with Gasteiger partial charge in [-0.05, 0) is 37.1 Å². The molecule has 0 aliphatic heterocycles. The van der Waals surface area contributed by atoms with E-state index in [1.54, 1.807) is 23.5 Å². The molecule has 0 spiro atoms. The van der Waals surface area contributed by atoms with Crippen molar-refractivity contribution in [2.75, 3.05) is 0 Å². The average Bonchev–Trinajstić information content (AvgIpc) is 3.07. The Morgan fingerprint density at radius 2 is 2.19 bits per heavy atom. The van der Waals surface area contributed by atoms with Crippen LogP contribution in [0.3, 0.4) is 0 Å². The number of thiazole rings is 1. The third-order valence-electron chi connectivity index (χ3n) is 3.81. The highest BCUT2D eigenvalue weighted by molar-refractivity contribution is 8.02. The minimum Gasteiger partial charge on any atom is -0.507 e. The largest absolute Gasteiger partial charge is 0.507 e. The van der Waals surface area contributed by atoms with Gasteiger partial charge in [-0.2, -0.15) is 5.10 Å². The predicted octanol–water partition coefficient (Wildman–Crippen LogP) is 4.36. The molecule has 3 aromatic rings.